The lowest BCUT2D eigenvalue weighted by atomic mass is 10.2. The SMILES string of the molecule is COC(=O)CNc1ncccc1C(N)=O. The molecule has 0 radical (unpaired) electrons. The number of ether oxygens (including phenoxy) is 1. The molecule has 0 fully saturated rings. The molecule has 0 atom stereocenters. The summed E-state index contributed by atoms with van der Waals surface area (Å²) in [6.45, 7) is -0.0617. The van der Waals surface area contributed by atoms with E-state index in [1.54, 1.807) is 6.07 Å². The van der Waals surface area contributed by atoms with E-state index in [-0.39, 0.29) is 17.9 Å². The van der Waals surface area contributed by atoms with Crippen LogP contribution in [-0.4, -0.2) is 30.5 Å². The standard InChI is InChI=1S/C9H11N3O3/c1-15-7(13)5-12-9-6(8(10)14)3-2-4-11-9/h2-4H,5H2,1H3,(H2,10,14)(H,11,12). The van der Waals surface area contributed by atoms with E-state index in [0.29, 0.717) is 0 Å². The molecule has 6 nitrogen and oxygen atoms in total. The lowest BCUT2D eigenvalue weighted by Gasteiger charge is -2.06. The average molecular weight is 209 g/mol. The van der Waals surface area contributed by atoms with E-state index in [2.05, 4.69) is 15.0 Å². The maximum absolute atomic E-state index is 11.0. The summed E-state index contributed by atoms with van der Waals surface area (Å²) in [6.07, 6.45) is 1.49. The molecule has 3 N–H and O–H groups in total. The lowest BCUT2D eigenvalue weighted by Crippen LogP contribution is -2.20. The Bertz CT molecular complexity index is 379. The van der Waals surface area contributed by atoms with E-state index in [1.165, 1.54) is 19.4 Å². The van der Waals surface area contributed by atoms with Gasteiger partial charge >= 0.3 is 5.97 Å². The normalized spacial score (nSPS) is 9.40. The maximum atomic E-state index is 11.0. The average Bonchev–Trinajstić information content (AvgIpc) is 2.26. The fourth-order valence-corrected chi connectivity index (χ4v) is 0.973. The van der Waals surface area contributed by atoms with Gasteiger partial charge < -0.3 is 15.8 Å². The minimum atomic E-state index is -0.601. The number of primary amides is 1. The second-order valence-corrected chi connectivity index (χ2v) is 2.69. The number of nitrogens with zero attached hydrogens (tertiary/aromatic N) is 1. The third-order valence-electron chi connectivity index (χ3n) is 1.70. The molecule has 0 spiro atoms. The third-order valence-corrected chi connectivity index (χ3v) is 1.70. The van der Waals surface area contributed by atoms with Gasteiger partial charge in [0.2, 0.25) is 0 Å². The third kappa shape index (κ3) is 2.94. The van der Waals surface area contributed by atoms with Gasteiger partial charge in [0, 0.05) is 6.20 Å². The lowest BCUT2D eigenvalue weighted by molar-refractivity contribution is -0.138. The summed E-state index contributed by atoms with van der Waals surface area (Å²) < 4.78 is 4.43. The number of aromatic nitrogens is 1. The Morgan fingerprint density at radius 1 is 1.60 bits per heavy atom. The van der Waals surface area contributed by atoms with Gasteiger partial charge in [0.1, 0.15) is 12.4 Å². The van der Waals surface area contributed by atoms with Gasteiger partial charge in [0.05, 0.1) is 12.7 Å². The van der Waals surface area contributed by atoms with Gasteiger partial charge in [-0.1, -0.05) is 0 Å². The molecule has 6 heteroatoms. The van der Waals surface area contributed by atoms with Crippen LogP contribution in [0.15, 0.2) is 18.3 Å². The Labute approximate surface area is 86.4 Å². The number of methoxy groups -OCH3 is 1. The van der Waals surface area contributed by atoms with Crippen LogP contribution in [0.1, 0.15) is 10.4 Å². The van der Waals surface area contributed by atoms with Gasteiger partial charge in [-0.05, 0) is 12.1 Å². The van der Waals surface area contributed by atoms with Crippen molar-refractivity contribution in [3.63, 3.8) is 0 Å². The summed E-state index contributed by atoms with van der Waals surface area (Å²) in [5.41, 5.74) is 5.36. The van der Waals surface area contributed by atoms with Crippen LogP contribution in [-0.2, 0) is 9.53 Å². The minimum absolute atomic E-state index is 0.0617. The minimum Gasteiger partial charge on any atom is -0.468 e. The van der Waals surface area contributed by atoms with E-state index in [4.69, 9.17) is 5.73 Å². The Hall–Kier alpha value is -2.11. The number of nitrogens with two attached hydrogens (primary N) is 1. The second-order valence-electron chi connectivity index (χ2n) is 2.69. The van der Waals surface area contributed by atoms with E-state index in [0.717, 1.165) is 0 Å². The van der Waals surface area contributed by atoms with Gasteiger partial charge in [-0.3, -0.25) is 9.59 Å². The fraction of sp³-hybridized carbons (Fsp3) is 0.222. The Kier molecular flexibility index (Phi) is 3.61. The van der Waals surface area contributed by atoms with Crippen LogP contribution in [0.2, 0.25) is 0 Å². The van der Waals surface area contributed by atoms with Crippen molar-refractivity contribution in [1.82, 2.24) is 4.98 Å². The van der Waals surface area contributed by atoms with Crippen molar-refractivity contribution in [2.75, 3.05) is 19.0 Å². The number of nitrogens with one attached hydrogen (secondary N) is 1. The van der Waals surface area contributed by atoms with Crippen LogP contribution in [0.4, 0.5) is 5.82 Å². The first kappa shape index (κ1) is 11.0. The number of carbonyl (C=O) groups is 2. The molecule has 1 aromatic rings. The largest absolute Gasteiger partial charge is 0.468 e. The highest BCUT2D eigenvalue weighted by molar-refractivity contribution is 5.97. The molecular weight excluding hydrogens is 198 g/mol. The molecule has 0 unspecified atom stereocenters. The molecule has 0 saturated heterocycles. The number of anilines is 1. The fourth-order valence-electron chi connectivity index (χ4n) is 0.973. The van der Waals surface area contributed by atoms with Gasteiger partial charge in [0.15, 0.2) is 0 Å². The molecule has 0 aliphatic heterocycles. The first-order valence-electron chi connectivity index (χ1n) is 4.20. The molecule has 80 valence electrons. The molecule has 0 saturated carbocycles. The molecule has 0 aromatic carbocycles. The number of hydrogen-bond donors (Lipinski definition) is 2. The van der Waals surface area contributed by atoms with Crippen molar-refractivity contribution < 1.29 is 14.3 Å². The van der Waals surface area contributed by atoms with Crippen molar-refractivity contribution in [1.29, 1.82) is 0 Å². The maximum Gasteiger partial charge on any atom is 0.325 e. The van der Waals surface area contributed by atoms with Crippen LogP contribution >= 0.6 is 0 Å². The monoisotopic (exact) mass is 209 g/mol. The summed E-state index contributed by atoms with van der Waals surface area (Å²) in [6, 6.07) is 3.11. The summed E-state index contributed by atoms with van der Waals surface area (Å²) in [5.74, 6) is -0.776. The van der Waals surface area contributed by atoms with Crippen LogP contribution in [0.25, 0.3) is 0 Å². The highest BCUT2D eigenvalue weighted by Crippen LogP contribution is 2.09. The van der Waals surface area contributed by atoms with Crippen LogP contribution in [0.5, 0.6) is 0 Å². The van der Waals surface area contributed by atoms with E-state index in [1.807, 2.05) is 0 Å². The first-order chi connectivity index (χ1) is 7.15. The van der Waals surface area contributed by atoms with Crippen molar-refractivity contribution >= 4 is 17.7 Å². The summed E-state index contributed by atoms with van der Waals surface area (Å²) in [5, 5.41) is 2.66. The number of amides is 1. The van der Waals surface area contributed by atoms with Crippen molar-refractivity contribution in [2.45, 2.75) is 0 Å². The van der Waals surface area contributed by atoms with Gasteiger partial charge in [-0.25, -0.2) is 4.98 Å². The molecule has 1 aromatic heterocycles. The van der Waals surface area contributed by atoms with Crippen molar-refractivity contribution in [2.24, 2.45) is 5.73 Å². The highest BCUT2D eigenvalue weighted by Gasteiger charge is 2.09. The predicted octanol–water partition coefficient (Wildman–Crippen LogP) is -0.235. The Balaban J connectivity index is 2.76. The summed E-state index contributed by atoms with van der Waals surface area (Å²) in [7, 11) is 1.28. The van der Waals surface area contributed by atoms with Gasteiger partial charge in [-0.2, -0.15) is 0 Å². The van der Waals surface area contributed by atoms with Crippen molar-refractivity contribution in [3.05, 3.63) is 23.9 Å². The zero-order chi connectivity index (χ0) is 11.3. The smallest absolute Gasteiger partial charge is 0.325 e. The van der Waals surface area contributed by atoms with E-state index in [9.17, 15) is 9.59 Å². The number of pyridine rings is 1. The molecule has 1 rings (SSSR count). The molecule has 1 heterocycles. The van der Waals surface area contributed by atoms with Gasteiger partial charge in [-0.15, -0.1) is 0 Å². The van der Waals surface area contributed by atoms with E-state index < -0.39 is 11.9 Å². The number of rotatable bonds is 4. The summed E-state index contributed by atoms with van der Waals surface area (Å²) in [4.78, 5) is 25.7. The summed E-state index contributed by atoms with van der Waals surface area (Å²) >= 11 is 0. The van der Waals surface area contributed by atoms with Crippen LogP contribution in [0.3, 0.4) is 0 Å². The van der Waals surface area contributed by atoms with Gasteiger partial charge in [0.25, 0.3) is 5.91 Å². The molecule has 15 heavy (non-hydrogen) atoms. The Morgan fingerprint density at radius 3 is 2.93 bits per heavy atom. The molecule has 0 aliphatic carbocycles. The molecule has 1 amide bonds. The zero-order valence-corrected chi connectivity index (χ0v) is 8.19. The number of carbonyl (C=O) groups excluding carboxylic acids is 2. The highest BCUT2D eigenvalue weighted by atomic mass is 16.5. The van der Waals surface area contributed by atoms with E-state index >= 15 is 0 Å². The Morgan fingerprint density at radius 2 is 2.33 bits per heavy atom. The molecular formula is C9H11N3O3. The number of hydrogen-bond acceptors (Lipinski definition) is 5. The molecule has 0 bridgehead atoms. The van der Waals surface area contributed by atoms with Crippen LogP contribution < -0.4 is 11.1 Å². The first-order valence-corrected chi connectivity index (χ1v) is 4.20. The topological polar surface area (TPSA) is 94.3 Å². The second kappa shape index (κ2) is 4.94. The zero-order valence-electron chi connectivity index (χ0n) is 8.19. The van der Waals surface area contributed by atoms with Crippen molar-refractivity contribution in [3.8, 4) is 0 Å². The number of esters is 1. The quantitative estimate of drug-likeness (QED) is 0.668. The predicted molar refractivity (Wildman–Crippen MR) is 53.3 cm³/mol. The molecule has 0 aliphatic rings. The van der Waals surface area contributed by atoms with Crippen LogP contribution in [0, 0.1) is 0 Å².